The molecule has 0 unspecified atom stereocenters. The molecule has 0 bridgehead atoms. The molecule has 0 aliphatic heterocycles. The summed E-state index contributed by atoms with van der Waals surface area (Å²) >= 11 is 0. The zero-order valence-corrected chi connectivity index (χ0v) is 15.5. The van der Waals surface area contributed by atoms with Gasteiger partial charge in [0.15, 0.2) is 0 Å². The molecular weight excluding hydrogens is 330 g/mol. The zero-order chi connectivity index (χ0) is 18.7. The van der Waals surface area contributed by atoms with Crippen molar-refractivity contribution in [1.29, 1.82) is 0 Å². The van der Waals surface area contributed by atoms with Gasteiger partial charge in [0.2, 0.25) is 5.91 Å². The van der Waals surface area contributed by atoms with Crippen molar-refractivity contribution < 1.29 is 9.59 Å². The van der Waals surface area contributed by atoms with Crippen LogP contribution < -0.4 is 10.6 Å². The predicted octanol–water partition coefficient (Wildman–Crippen LogP) is 2.84. The fourth-order valence-corrected chi connectivity index (χ4v) is 2.86. The van der Waals surface area contributed by atoms with E-state index in [1.54, 1.807) is 16.8 Å². The summed E-state index contributed by atoms with van der Waals surface area (Å²) in [5.41, 5.74) is 2.15. The molecule has 1 aromatic carbocycles. The number of amides is 2. The molecule has 2 amide bonds. The van der Waals surface area contributed by atoms with Gasteiger partial charge in [0.25, 0.3) is 5.91 Å². The number of hydrogen-bond acceptors (Lipinski definition) is 4. The molecule has 0 saturated heterocycles. The first-order chi connectivity index (χ1) is 12.5. The standard InChI is InChI=1S/C19H25N5O2/c1-4-15(17-20-11-21-24(17)5-2)22-19(26)14-7-6-12(3)16(10-14)23-18(25)13-8-9-13/h6-7,10-11,13,15H,4-5,8-9H2,1-3H3,(H,22,26)(H,23,25)/t15-/m1/s1. The van der Waals surface area contributed by atoms with Crippen LogP contribution in [0.3, 0.4) is 0 Å². The van der Waals surface area contributed by atoms with Crippen LogP contribution in [0.2, 0.25) is 0 Å². The van der Waals surface area contributed by atoms with Crippen molar-refractivity contribution in [3.05, 3.63) is 41.5 Å². The molecule has 0 radical (unpaired) electrons. The van der Waals surface area contributed by atoms with Gasteiger partial charge < -0.3 is 10.6 Å². The zero-order valence-electron chi connectivity index (χ0n) is 15.5. The average molecular weight is 355 g/mol. The molecule has 2 aromatic rings. The number of aromatic nitrogens is 3. The topological polar surface area (TPSA) is 88.9 Å². The van der Waals surface area contributed by atoms with Gasteiger partial charge in [-0.15, -0.1) is 0 Å². The third-order valence-electron chi connectivity index (χ3n) is 4.68. The first kappa shape index (κ1) is 18.1. The molecule has 1 fully saturated rings. The highest BCUT2D eigenvalue weighted by Crippen LogP contribution is 2.31. The Bertz CT molecular complexity index is 810. The number of benzene rings is 1. The SMILES string of the molecule is CC[C@@H](NC(=O)c1ccc(C)c(NC(=O)C2CC2)c1)c1ncnn1CC. The number of nitrogens with one attached hydrogen (secondary N) is 2. The first-order valence-electron chi connectivity index (χ1n) is 9.13. The van der Waals surface area contributed by atoms with Crippen LogP contribution in [0.15, 0.2) is 24.5 Å². The molecule has 138 valence electrons. The van der Waals surface area contributed by atoms with Gasteiger partial charge in [0.1, 0.15) is 12.2 Å². The van der Waals surface area contributed by atoms with Crippen LogP contribution in [0.1, 0.15) is 60.9 Å². The van der Waals surface area contributed by atoms with Crippen LogP contribution >= 0.6 is 0 Å². The summed E-state index contributed by atoms with van der Waals surface area (Å²) in [6, 6.07) is 5.15. The monoisotopic (exact) mass is 355 g/mol. The number of rotatable bonds is 7. The van der Waals surface area contributed by atoms with Gasteiger partial charge >= 0.3 is 0 Å². The third-order valence-corrected chi connectivity index (χ3v) is 4.68. The lowest BCUT2D eigenvalue weighted by Gasteiger charge is -2.17. The Morgan fingerprint density at radius 2 is 2.08 bits per heavy atom. The maximum Gasteiger partial charge on any atom is 0.251 e. The lowest BCUT2D eigenvalue weighted by Crippen LogP contribution is -2.30. The summed E-state index contributed by atoms with van der Waals surface area (Å²) in [6.07, 6.45) is 4.11. The molecule has 1 atom stereocenters. The van der Waals surface area contributed by atoms with Gasteiger partial charge in [0.05, 0.1) is 6.04 Å². The normalized spacial score (nSPS) is 14.7. The van der Waals surface area contributed by atoms with Crippen molar-refractivity contribution in [3.8, 4) is 0 Å². The minimum Gasteiger partial charge on any atom is -0.342 e. The lowest BCUT2D eigenvalue weighted by molar-refractivity contribution is -0.117. The fourth-order valence-electron chi connectivity index (χ4n) is 2.86. The fraction of sp³-hybridized carbons (Fsp3) is 0.474. The summed E-state index contributed by atoms with van der Waals surface area (Å²) < 4.78 is 1.78. The van der Waals surface area contributed by atoms with Gasteiger partial charge in [0, 0.05) is 23.7 Å². The molecule has 7 heteroatoms. The van der Waals surface area contributed by atoms with E-state index in [0.29, 0.717) is 24.2 Å². The van der Waals surface area contributed by atoms with Crippen LogP contribution in [-0.4, -0.2) is 26.6 Å². The van der Waals surface area contributed by atoms with Crippen molar-refractivity contribution >= 4 is 17.5 Å². The van der Waals surface area contributed by atoms with E-state index in [2.05, 4.69) is 20.7 Å². The number of carbonyl (C=O) groups is 2. The molecule has 1 aromatic heterocycles. The van der Waals surface area contributed by atoms with Crippen LogP contribution in [0, 0.1) is 12.8 Å². The van der Waals surface area contributed by atoms with Crippen LogP contribution in [0.5, 0.6) is 0 Å². The second kappa shape index (κ2) is 7.68. The van der Waals surface area contributed by atoms with E-state index in [-0.39, 0.29) is 23.8 Å². The molecule has 3 rings (SSSR count). The molecule has 7 nitrogen and oxygen atoms in total. The van der Waals surface area contributed by atoms with E-state index in [1.165, 1.54) is 6.33 Å². The highest BCUT2D eigenvalue weighted by Gasteiger charge is 2.30. The highest BCUT2D eigenvalue weighted by molar-refractivity contribution is 5.99. The van der Waals surface area contributed by atoms with E-state index in [0.717, 1.165) is 24.2 Å². The summed E-state index contributed by atoms with van der Waals surface area (Å²) in [5.74, 6) is 0.715. The third kappa shape index (κ3) is 3.92. The number of hydrogen-bond donors (Lipinski definition) is 2. The van der Waals surface area contributed by atoms with E-state index in [9.17, 15) is 9.59 Å². The molecule has 26 heavy (non-hydrogen) atoms. The molecule has 1 saturated carbocycles. The summed E-state index contributed by atoms with van der Waals surface area (Å²) in [6.45, 7) is 6.60. The molecule has 1 aliphatic carbocycles. The molecule has 2 N–H and O–H groups in total. The molecule has 1 aliphatic rings. The van der Waals surface area contributed by atoms with E-state index >= 15 is 0 Å². The maximum atomic E-state index is 12.7. The summed E-state index contributed by atoms with van der Waals surface area (Å²) in [7, 11) is 0. The van der Waals surface area contributed by atoms with Crippen molar-refractivity contribution in [2.75, 3.05) is 5.32 Å². The minimum absolute atomic E-state index is 0.0353. The van der Waals surface area contributed by atoms with Gasteiger partial charge in [-0.05, 0) is 50.8 Å². The Morgan fingerprint density at radius 3 is 2.73 bits per heavy atom. The number of carbonyl (C=O) groups excluding carboxylic acids is 2. The number of aryl methyl sites for hydroxylation is 2. The Balaban J connectivity index is 1.75. The molecular formula is C19H25N5O2. The van der Waals surface area contributed by atoms with Crippen LogP contribution in [0.4, 0.5) is 5.69 Å². The van der Waals surface area contributed by atoms with Crippen LogP contribution in [0.25, 0.3) is 0 Å². The Labute approximate surface area is 153 Å². The number of anilines is 1. The predicted molar refractivity (Wildman–Crippen MR) is 98.7 cm³/mol. The molecule has 0 spiro atoms. The largest absolute Gasteiger partial charge is 0.342 e. The smallest absolute Gasteiger partial charge is 0.251 e. The van der Waals surface area contributed by atoms with Crippen molar-refractivity contribution in [1.82, 2.24) is 20.1 Å². The average Bonchev–Trinajstić information content (AvgIpc) is 3.39. The van der Waals surface area contributed by atoms with Gasteiger partial charge in [-0.3, -0.25) is 9.59 Å². The summed E-state index contributed by atoms with van der Waals surface area (Å²) in [4.78, 5) is 29.0. The summed E-state index contributed by atoms with van der Waals surface area (Å²) in [5, 5.41) is 10.1. The van der Waals surface area contributed by atoms with Crippen molar-refractivity contribution in [2.24, 2.45) is 5.92 Å². The lowest BCUT2D eigenvalue weighted by atomic mass is 10.1. The van der Waals surface area contributed by atoms with Gasteiger partial charge in [-0.25, -0.2) is 9.67 Å². The molecule has 1 heterocycles. The Kier molecular flexibility index (Phi) is 5.35. The Morgan fingerprint density at radius 1 is 1.31 bits per heavy atom. The van der Waals surface area contributed by atoms with E-state index in [4.69, 9.17) is 0 Å². The highest BCUT2D eigenvalue weighted by atomic mass is 16.2. The van der Waals surface area contributed by atoms with Crippen molar-refractivity contribution in [2.45, 2.75) is 52.6 Å². The quantitative estimate of drug-likeness (QED) is 0.799. The maximum absolute atomic E-state index is 12.7. The Hall–Kier alpha value is -2.70. The first-order valence-corrected chi connectivity index (χ1v) is 9.13. The van der Waals surface area contributed by atoms with E-state index in [1.807, 2.05) is 26.8 Å². The van der Waals surface area contributed by atoms with Gasteiger partial charge in [-0.1, -0.05) is 13.0 Å². The van der Waals surface area contributed by atoms with Crippen LogP contribution in [-0.2, 0) is 11.3 Å². The number of nitrogens with zero attached hydrogens (tertiary/aromatic N) is 3. The van der Waals surface area contributed by atoms with E-state index < -0.39 is 0 Å². The second-order valence-corrected chi connectivity index (χ2v) is 6.66. The second-order valence-electron chi connectivity index (χ2n) is 6.66. The van der Waals surface area contributed by atoms with Gasteiger partial charge in [-0.2, -0.15) is 5.10 Å². The van der Waals surface area contributed by atoms with Crippen molar-refractivity contribution in [3.63, 3.8) is 0 Å². The minimum atomic E-state index is -0.212.